The molecular formula is C13H17ClO4. The van der Waals surface area contributed by atoms with Crippen molar-refractivity contribution < 1.29 is 18.9 Å². The number of rotatable bonds is 5. The summed E-state index contributed by atoms with van der Waals surface area (Å²) in [6.45, 7) is 3.05. The van der Waals surface area contributed by atoms with Crippen LogP contribution in [0.15, 0.2) is 18.2 Å². The van der Waals surface area contributed by atoms with E-state index in [9.17, 15) is 0 Å². The fourth-order valence-electron chi connectivity index (χ4n) is 1.81. The Hall–Kier alpha value is -0.970. The molecule has 5 heteroatoms. The van der Waals surface area contributed by atoms with Crippen LogP contribution in [0.2, 0.25) is 0 Å². The second-order valence-corrected chi connectivity index (χ2v) is 4.23. The number of alkyl halides is 1. The molecular weight excluding hydrogens is 256 g/mol. The minimum absolute atomic E-state index is 0.0470. The summed E-state index contributed by atoms with van der Waals surface area (Å²) >= 11 is 5.74. The maximum absolute atomic E-state index is 5.74. The molecule has 0 radical (unpaired) electrons. The fraction of sp³-hybridized carbons (Fsp3) is 0.538. The molecule has 0 saturated carbocycles. The average molecular weight is 273 g/mol. The first-order chi connectivity index (χ1) is 8.78. The Balaban J connectivity index is 2.14. The molecule has 1 aliphatic rings. The summed E-state index contributed by atoms with van der Waals surface area (Å²) in [5.41, 5.74) is 0.905. The van der Waals surface area contributed by atoms with Crippen LogP contribution in [0.25, 0.3) is 0 Å². The van der Waals surface area contributed by atoms with E-state index < -0.39 is 0 Å². The molecule has 1 aromatic carbocycles. The highest BCUT2D eigenvalue weighted by Crippen LogP contribution is 2.34. The van der Waals surface area contributed by atoms with Crippen molar-refractivity contribution in [3.05, 3.63) is 23.8 Å². The molecule has 2 rings (SSSR count). The van der Waals surface area contributed by atoms with E-state index in [-0.39, 0.29) is 12.4 Å². The van der Waals surface area contributed by atoms with Gasteiger partial charge >= 0.3 is 0 Å². The third-order valence-electron chi connectivity index (χ3n) is 2.68. The van der Waals surface area contributed by atoms with E-state index >= 15 is 0 Å². The molecule has 0 aromatic heterocycles. The van der Waals surface area contributed by atoms with Gasteiger partial charge in [0.15, 0.2) is 17.8 Å². The Morgan fingerprint density at radius 1 is 1.39 bits per heavy atom. The minimum atomic E-state index is -0.377. The van der Waals surface area contributed by atoms with Crippen molar-refractivity contribution in [2.24, 2.45) is 0 Å². The Morgan fingerprint density at radius 3 is 2.83 bits per heavy atom. The quantitative estimate of drug-likeness (QED) is 0.773. The molecule has 0 N–H and O–H groups in total. The van der Waals surface area contributed by atoms with Crippen LogP contribution >= 0.6 is 11.6 Å². The summed E-state index contributed by atoms with van der Waals surface area (Å²) in [7, 11) is 1.61. The van der Waals surface area contributed by atoms with Crippen LogP contribution in [0.1, 0.15) is 18.8 Å². The molecule has 1 heterocycles. The first-order valence-corrected chi connectivity index (χ1v) is 6.45. The van der Waals surface area contributed by atoms with Gasteiger partial charge in [0.1, 0.15) is 0 Å². The van der Waals surface area contributed by atoms with E-state index in [1.165, 1.54) is 0 Å². The molecule has 0 bridgehead atoms. The Kier molecular flexibility index (Phi) is 4.69. The monoisotopic (exact) mass is 272 g/mol. The van der Waals surface area contributed by atoms with Gasteiger partial charge < -0.3 is 18.9 Å². The average Bonchev–Trinajstić information content (AvgIpc) is 2.88. The zero-order valence-corrected chi connectivity index (χ0v) is 11.3. The highest BCUT2D eigenvalue weighted by atomic mass is 35.5. The summed E-state index contributed by atoms with van der Waals surface area (Å²) in [5.74, 6) is 1.83. The molecule has 100 valence electrons. The topological polar surface area (TPSA) is 36.9 Å². The lowest BCUT2D eigenvalue weighted by Crippen LogP contribution is -2.10. The second kappa shape index (κ2) is 6.27. The highest BCUT2D eigenvalue weighted by Gasteiger charge is 2.27. The number of ether oxygens (including phenoxy) is 4. The molecule has 2 atom stereocenters. The van der Waals surface area contributed by atoms with Gasteiger partial charge in [-0.15, -0.1) is 11.6 Å². The maximum atomic E-state index is 5.74. The Morgan fingerprint density at radius 2 is 2.22 bits per heavy atom. The van der Waals surface area contributed by atoms with Crippen molar-refractivity contribution in [3.63, 3.8) is 0 Å². The summed E-state index contributed by atoms with van der Waals surface area (Å²) in [6, 6.07) is 5.64. The van der Waals surface area contributed by atoms with Crippen LogP contribution in [-0.4, -0.2) is 32.3 Å². The van der Waals surface area contributed by atoms with Gasteiger partial charge in [-0.25, -0.2) is 0 Å². The van der Waals surface area contributed by atoms with Gasteiger partial charge in [-0.2, -0.15) is 0 Å². The predicted molar refractivity (Wildman–Crippen MR) is 68.4 cm³/mol. The van der Waals surface area contributed by atoms with Crippen LogP contribution in [0.4, 0.5) is 0 Å². The molecule has 0 amide bonds. The third-order valence-corrected chi connectivity index (χ3v) is 3.03. The van der Waals surface area contributed by atoms with Crippen LogP contribution in [-0.2, 0) is 9.47 Å². The standard InChI is InChI=1S/C13H17ClO4/c1-3-16-11-5-4-9(6-12(11)15-2)13-17-8-10(7-14)18-13/h4-6,10,13H,3,7-8H2,1-2H3/t10-,13+/m1/s1. The van der Waals surface area contributed by atoms with Gasteiger partial charge in [0.05, 0.1) is 32.3 Å². The van der Waals surface area contributed by atoms with E-state index in [2.05, 4.69) is 0 Å². The third kappa shape index (κ3) is 2.88. The van der Waals surface area contributed by atoms with Gasteiger partial charge in [0, 0.05) is 5.56 Å². The molecule has 1 fully saturated rings. The number of hydrogen-bond acceptors (Lipinski definition) is 4. The van der Waals surface area contributed by atoms with E-state index in [0.29, 0.717) is 24.8 Å². The second-order valence-electron chi connectivity index (χ2n) is 3.92. The molecule has 0 aliphatic carbocycles. The summed E-state index contributed by atoms with van der Waals surface area (Å²) in [5, 5.41) is 0. The van der Waals surface area contributed by atoms with E-state index in [1.807, 2.05) is 25.1 Å². The van der Waals surface area contributed by atoms with Crippen molar-refractivity contribution in [2.45, 2.75) is 19.3 Å². The predicted octanol–water partition coefficient (Wildman–Crippen LogP) is 2.75. The SMILES string of the molecule is CCOc1ccc([C@H]2OC[C@@H](CCl)O2)cc1OC. The number of methoxy groups -OCH3 is 1. The van der Waals surface area contributed by atoms with E-state index in [1.54, 1.807) is 7.11 Å². The van der Waals surface area contributed by atoms with Gasteiger partial charge in [-0.3, -0.25) is 0 Å². The van der Waals surface area contributed by atoms with Crippen LogP contribution in [0, 0.1) is 0 Å². The molecule has 0 spiro atoms. The first-order valence-electron chi connectivity index (χ1n) is 5.92. The lowest BCUT2D eigenvalue weighted by atomic mass is 10.2. The molecule has 4 nitrogen and oxygen atoms in total. The molecule has 1 saturated heterocycles. The maximum Gasteiger partial charge on any atom is 0.184 e. The summed E-state index contributed by atoms with van der Waals surface area (Å²) in [4.78, 5) is 0. The fourth-order valence-corrected chi connectivity index (χ4v) is 1.97. The van der Waals surface area contributed by atoms with Gasteiger partial charge in [0.2, 0.25) is 0 Å². The van der Waals surface area contributed by atoms with Crippen molar-refractivity contribution >= 4 is 11.6 Å². The summed E-state index contributed by atoms with van der Waals surface area (Å²) < 4.78 is 21.9. The number of hydrogen-bond donors (Lipinski definition) is 0. The Bertz CT molecular complexity index is 397. The lowest BCUT2D eigenvalue weighted by Gasteiger charge is -2.14. The lowest BCUT2D eigenvalue weighted by molar-refractivity contribution is -0.0568. The van der Waals surface area contributed by atoms with Crippen molar-refractivity contribution in [3.8, 4) is 11.5 Å². The summed E-state index contributed by atoms with van der Waals surface area (Å²) in [6.07, 6.45) is -0.424. The minimum Gasteiger partial charge on any atom is -0.493 e. The van der Waals surface area contributed by atoms with Crippen LogP contribution in [0.5, 0.6) is 11.5 Å². The zero-order valence-electron chi connectivity index (χ0n) is 10.5. The van der Waals surface area contributed by atoms with Gasteiger partial charge in [-0.05, 0) is 19.1 Å². The van der Waals surface area contributed by atoms with Crippen LogP contribution in [0.3, 0.4) is 0 Å². The zero-order chi connectivity index (χ0) is 13.0. The van der Waals surface area contributed by atoms with Crippen molar-refractivity contribution in [2.75, 3.05) is 26.2 Å². The highest BCUT2D eigenvalue weighted by molar-refractivity contribution is 6.18. The van der Waals surface area contributed by atoms with E-state index in [0.717, 1.165) is 11.3 Å². The largest absolute Gasteiger partial charge is 0.493 e. The number of benzene rings is 1. The smallest absolute Gasteiger partial charge is 0.184 e. The molecule has 1 aromatic rings. The first kappa shape index (κ1) is 13.5. The Labute approximate surface area is 112 Å². The molecule has 18 heavy (non-hydrogen) atoms. The van der Waals surface area contributed by atoms with Crippen LogP contribution < -0.4 is 9.47 Å². The van der Waals surface area contributed by atoms with Crippen molar-refractivity contribution in [1.82, 2.24) is 0 Å². The van der Waals surface area contributed by atoms with Crippen molar-refractivity contribution in [1.29, 1.82) is 0 Å². The van der Waals surface area contributed by atoms with Gasteiger partial charge in [-0.1, -0.05) is 6.07 Å². The number of halogens is 1. The van der Waals surface area contributed by atoms with E-state index in [4.69, 9.17) is 30.5 Å². The normalized spacial score (nSPS) is 23.1. The van der Waals surface area contributed by atoms with Gasteiger partial charge in [0.25, 0.3) is 0 Å². The molecule has 0 unspecified atom stereocenters. The molecule has 1 aliphatic heterocycles.